The number of hydrogen-bond donors (Lipinski definition) is 2. The molecule has 0 amide bonds. The zero-order valence-electron chi connectivity index (χ0n) is 14.6. The van der Waals surface area contributed by atoms with E-state index in [-0.39, 0.29) is 0 Å². The van der Waals surface area contributed by atoms with Gasteiger partial charge in [-0.2, -0.15) is 0 Å². The average molecular weight is 306 g/mol. The molecule has 0 aromatic heterocycles. The lowest BCUT2D eigenvalue weighted by Crippen LogP contribution is -2.14. The molecular formula is C20H35NO. The van der Waals surface area contributed by atoms with E-state index in [0.29, 0.717) is 12.0 Å². The molecule has 0 bridgehead atoms. The molecule has 2 nitrogen and oxygen atoms in total. The highest BCUT2D eigenvalue weighted by Gasteiger charge is 2.22. The summed E-state index contributed by atoms with van der Waals surface area (Å²) in [6.45, 7) is 2.28. The monoisotopic (exact) mass is 305 g/mol. The molecular weight excluding hydrogens is 270 g/mol. The maximum atomic E-state index is 7.00. The predicted molar refractivity (Wildman–Crippen MR) is 96.2 cm³/mol. The Hall–Kier alpha value is -0.860. The Bertz CT molecular complexity index is 374. The second kappa shape index (κ2) is 11.7. The van der Waals surface area contributed by atoms with Crippen LogP contribution in [-0.4, -0.2) is 18.3 Å². The SMILES string of the molecule is CCCCCCCCc1ccc(C2CCC(N)C2)cc1.CO. The van der Waals surface area contributed by atoms with Gasteiger partial charge in [-0.15, -0.1) is 0 Å². The first-order chi connectivity index (χ1) is 10.8. The summed E-state index contributed by atoms with van der Waals surface area (Å²) >= 11 is 0. The van der Waals surface area contributed by atoms with Crippen molar-refractivity contribution < 1.29 is 5.11 Å². The van der Waals surface area contributed by atoms with E-state index in [1.165, 1.54) is 75.3 Å². The molecule has 0 aliphatic heterocycles. The lowest BCUT2D eigenvalue weighted by atomic mass is 9.95. The molecule has 0 heterocycles. The van der Waals surface area contributed by atoms with Crippen LogP contribution in [0, 0.1) is 0 Å². The molecule has 1 aromatic carbocycles. The smallest absolute Gasteiger partial charge is 0.0319 e. The van der Waals surface area contributed by atoms with E-state index in [1.807, 2.05) is 0 Å². The number of aliphatic hydroxyl groups is 1. The van der Waals surface area contributed by atoms with Crippen LogP contribution in [-0.2, 0) is 6.42 Å². The summed E-state index contributed by atoms with van der Waals surface area (Å²) in [6, 6.07) is 9.79. The van der Waals surface area contributed by atoms with E-state index in [0.717, 1.165) is 7.11 Å². The largest absolute Gasteiger partial charge is 0.400 e. The van der Waals surface area contributed by atoms with Crippen molar-refractivity contribution in [2.45, 2.75) is 83.1 Å². The maximum absolute atomic E-state index is 7.00. The molecule has 2 unspecified atom stereocenters. The first-order valence-corrected chi connectivity index (χ1v) is 9.08. The molecule has 0 spiro atoms. The zero-order valence-corrected chi connectivity index (χ0v) is 14.6. The van der Waals surface area contributed by atoms with Crippen LogP contribution in [0.1, 0.15) is 81.8 Å². The van der Waals surface area contributed by atoms with Gasteiger partial charge in [0.15, 0.2) is 0 Å². The van der Waals surface area contributed by atoms with E-state index >= 15 is 0 Å². The highest BCUT2D eigenvalue weighted by Crippen LogP contribution is 2.33. The Morgan fingerprint density at radius 3 is 2.18 bits per heavy atom. The molecule has 1 aliphatic carbocycles. The van der Waals surface area contributed by atoms with Crippen molar-refractivity contribution in [1.82, 2.24) is 0 Å². The number of unbranched alkanes of at least 4 members (excludes halogenated alkanes) is 5. The minimum Gasteiger partial charge on any atom is -0.400 e. The Kier molecular flexibility index (Phi) is 10.2. The molecule has 0 saturated heterocycles. The van der Waals surface area contributed by atoms with E-state index < -0.39 is 0 Å². The highest BCUT2D eigenvalue weighted by molar-refractivity contribution is 5.26. The van der Waals surface area contributed by atoms with Crippen molar-refractivity contribution in [3.63, 3.8) is 0 Å². The number of aryl methyl sites for hydroxylation is 1. The van der Waals surface area contributed by atoms with Crippen LogP contribution in [0.15, 0.2) is 24.3 Å². The third kappa shape index (κ3) is 6.93. The van der Waals surface area contributed by atoms with Gasteiger partial charge in [0, 0.05) is 13.2 Å². The lowest BCUT2D eigenvalue weighted by Gasteiger charge is -2.11. The summed E-state index contributed by atoms with van der Waals surface area (Å²) in [5, 5.41) is 7.00. The molecule has 2 atom stereocenters. The van der Waals surface area contributed by atoms with E-state index in [2.05, 4.69) is 31.2 Å². The quantitative estimate of drug-likeness (QED) is 0.678. The lowest BCUT2D eigenvalue weighted by molar-refractivity contribution is 0.399. The Labute approximate surface area is 137 Å². The van der Waals surface area contributed by atoms with Crippen LogP contribution >= 0.6 is 0 Å². The van der Waals surface area contributed by atoms with Gasteiger partial charge in [0.05, 0.1) is 0 Å². The second-order valence-corrected chi connectivity index (χ2v) is 6.53. The zero-order chi connectivity index (χ0) is 16.2. The van der Waals surface area contributed by atoms with Crippen molar-refractivity contribution in [3.05, 3.63) is 35.4 Å². The topological polar surface area (TPSA) is 46.2 Å². The molecule has 1 aliphatic rings. The Morgan fingerprint density at radius 2 is 1.59 bits per heavy atom. The van der Waals surface area contributed by atoms with E-state index in [9.17, 15) is 0 Å². The molecule has 3 N–H and O–H groups in total. The molecule has 1 fully saturated rings. The fourth-order valence-electron chi connectivity index (χ4n) is 3.39. The molecule has 2 heteroatoms. The van der Waals surface area contributed by atoms with Crippen LogP contribution in [0.5, 0.6) is 0 Å². The van der Waals surface area contributed by atoms with Crippen LogP contribution < -0.4 is 5.73 Å². The van der Waals surface area contributed by atoms with Crippen molar-refractivity contribution in [1.29, 1.82) is 0 Å². The van der Waals surface area contributed by atoms with E-state index in [1.54, 1.807) is 0 Å². The third-order valence-corrected chi connectivity index (χ3v) is 4.74. The number of benzene rings is 1. The summed E-state index contributed by atoms with van der Waals surface area (Å²) in [7, 11) is 1.00. The van der Waals surface area contributed by atoms with Gasteiger partial charge < -0.3 is 10.8 Å². The number of nitrogens with two attached hydrogens (primary N) is 1. The second-order valence-electron chi connectivity index (χ2n) is 6.53. The van der Waals surface area contributed by atoms with Crippen LogP contribution in [0.2, 0.25) is 0 Å². The summed E-state index contributed by atoms with van der Waals surface area (Å²) in [5.41, 5.74) is 9.02. The number of aliphatic hydroxyl groups excluding tert-OH is 1. The van der Waals surface area contributed by atoms with Crippen molar-refractivity contribution >= 4 is 0 Å². The fourth-order valence-corrected chi connectivity index (χ4v) is 3.39. The standard InChI is InChI=1S/C19H31N.CH4O/c1-2-3-4-5-6-7-8-16-9-11-17(12-10-16)18-13-14-19(20)15-18;1-2/h9-12,18-19H,2-8,13-15,20H2,1H3;2H,1H3. The number of rotatable bonds is 8. The van der Waals surface area contributed by atoms with Crippen molar-refractivity contribution in [3.8, 4) is 0 Å². The first kappa shape index (κ1) is 19.2. The molecule has 0 radical (unpaired) electrons. The van der Waals surface area contributed by atoms with Crippen molar-refractivity contribution in [2.24, 2.45) is 5.73 Å². The van der Waals surface area contributed by atoms with Crippen molar-refractivity contribution in [2.75, 3.05) is 7.11 Å². The Balaban J connectivity index is 0.00000116. The minimum atomic E-state index is 0.433. The third-order valence-electron chi connectivity index (χ3n) is 4.74. The maximum Gasteiger partial charge on any atom is 0.0319 e. The van der Waals surface area contributed by atoms with Crippen LogP contribution in [0.3, 0.4) is 0 Å². The predicted octanol–water partition coefficient (Wildman–Crippen LogP) is 4.79. The summed E-state index contributed by atoms with van der Waals surface area (Å²) in [4.78, 5) is 0. The number of hydrogen-bond acceptors (Lipinski definition) is 2. The van der Waals surface area contributed by atoms with Gasteiger partial charge in [-0.3, -0.25) is 0 Å². The molecule has 1 aromatic rings. The van der Waals surface area contributed by atoms with Crippen LogP contribution in [0.4, 0.5) is 0 Å². The molecule has 1 saturated carbocycles. The van der Waals surface area contributed by atoms with Gasteiger partial charge in [0.25, 0.3) is 0 Å². The fraction of sp³-hybridized carbons (Fsp3) is 0.700. The molecule has 2 rings (SSSR count). The highest BCUT2D eigenvalue weighted by atomic mass is 16.2. The van der Waals surface area contributed by atoms with Gasteiger partial charge in [0.2, 0.25) is 0 Å². The van der Waals surface area contributed by atoms with Gasteiger partial charge in [-0.05, 0) is 49.1 Å². The minimum absolute atomic E-state index is 0.433. The molecule has 22 heavy (non-hydrogen) atoms. The van der Waals surface area contributed by atoms with Gasteiger partial charge in [-0.1, -0.05) is 63.3 Å². The Morgan fingerprint density at radius 1 is 0.955 bits per heavy atom. The van der Waals surface area contributed by atoms with Gasteiger partial charge in [0.1, 0.15) is 0 Å². The summed E-state index contributed by atoms with van der Waals surface area (Å²) in [5.74, 6) is 0.716. The first-order valence-electron chi connectivity index (χ1n) is 9.08. The van der Waals surface area contributed by atoms with Gasteiger partial charge >= 0.3 is 0 Å². The summed E-state index contributed by atoms with van der Waals surface area (Å²) < 4.78 is 0. The average Bonchev–Trinajstić information content (AvgIpc) is 3.00. The van der Waals surface area contributed by atoms with Gasteiger partial charge in [-0.25, -0.2) is 0 Å². The normalized spacial score (nSPS) is 20.5. The summed E-state index contributed by atoms with van der Waals surface area (Å²) in [6.07, 6.45) is 13.2. The molecule has 126 valence electrons. The van der Waals surface area contributed by atoms with E-state index in [4.69, 9.17) is 10.8 Å². The van der Waals surface area contributed by atoms with Crippen LogP contribution in [0.25, 0.3) is 0 Å².